The van der Waals surface area contributed by atoms with E-state index in [0.29, 0.717) is 6.04 Å². The third-order valence-electron chi connectivity index (χ3n) is 4.35. The number of pyridine rings is 1. The second-order valence-corrected chi connectivity index (χ2v) is 5.89. The first-order valence-electron chi connectivity index (χ1n) is 8.01. The van der Waals surface area contributed by atoms with Crippen LogP contribution in [0.15, 0.2) is 54.9 Å². The maximum atomic E-state index is 4.73. The molecule has 0 aliphatic carbocycles. The number of rotatable bonds is 4. The van der Waals surface area contributed by atoms with Crippen molar-refractivity contribution in [2.45, 2.75) is 25.4 Å². The Balaban J connectivity index is 1.54. The standard InChI is InChI=1S/C18H19N5/c1-2-5-15(6-3-1)17-20-18(22-21-17)16-7-4-12-23(16)13-14-8-10-19-11-9-14/h1-3,5-6,8-11,16H,4,7,12-13H2,(H,20,21,22). The molecule has 4 rings (SSSR count). The monoisotopic (exact) mass is 305 g/mol. The molecule has 5 nitrogen and oxygen atoms in total. The summed E-state index contributed by atoms with van der Waals surface area (Å²) in [6.07, 6.45) is 6.01. The molecule has 0 bridgehead atoms. The van der Waals surface area contributed by atoms with E-state index in [-0.39, 0.29) is 0 Å². The minimum Gasteiger partial charge on any atom is -0.289 e. The van der Waals surface area contributed by atoms with Crippen LogP contribution >= 0.6 is 0 Å². The molecule has 1 unspecified atom stereocenters. The van der Waals surface area contributed by atoms with Crippen LogP contribution in [-0.2, 0) is 6.54 Å². The van der Waals surface area contributed by atoms with Crippen molar-refractivity contribution in [3.05, 3.63) is 66.2 Å². The molecule has 0 radical (unpaired) electrons. The van der Waals surface area contributed by atoms with Crippen molar-refractivity contribution in [1.82, 2.24) is 25.1 Å². The number of nitrogens with zero attached hydrogens (tertiary/aromatic N) is 4. The highest BCUT2D eigenvalue weighted by atomic mass is 15.3. The van der Waals surface area contributed by atoms with Gasteiger partial charge in [0.25, 0.3) is 0 Å². The number of nitrogens with one attached hydrogen (secondary N) is 1. The van der Waals surface area contributed by atoms with Crippen LogP contribution in [0.2, 0.25) is 0 Å². The second-order valence-electron chi connectivity index (χ2n) is 5.89. The van der Waals surface area contributed by atoms with Crippen LogP contribution in [0.1, 0.15) is 30.3 Å². The SMILES string of the molecule is c1ccc(-c2n[nH]c(C3CCCN3Cc3ccncc3)n2)cc1. The smallest absolute Gasteiger partial charge is 0.181 e. The molecule has 0 amide bonds. The van der Waals surface area contributed by atoms with Gasteiger partial charge in [0.2, 0.25) is 0 Å². The van der Waals surface area contributed by atoms with Crippen LogP contribution in [0.4, 0.5) is 0 Å². The number of likely N-dealkylation sites (tertiary alicyclic amines) is 1. The average Bonchev–Trinajstić information content (AvgIpc) is 3.25. The molecule has 1 N–H and O–H groups in total. The highest BCUT2D eigenvalue weighted by molar-refractivity contribution is 5.53. The highest BCUT2D eigenvalue weighted by Gasteiger charge is 2.28. The Bertz CT molecular complexity index is 753. The maximum absolute atomic E-state index is 4.73. The van der Waals surface area contributed by atoms with Crippen LogP contribution in [0.5, 0.6) is 0 Å². The normalized spacial score (nSPS) is 18.3. The molecule has 0 spiro atoms. The zero-order chi connectivity index (χ0) is 15.5. The van der Waals surface area contributed by atoms with Gasteiger partial charge in [-0.2, -0.15) is 5.10 Å². The highest BCUT2D eigenvalue weighted by Crippen LogP contribution is 2.31. The van der Waals surface area contributed by atoms with Crippen LogP contribution in [0.3, 0.4) is 0 Å². The lowest BCUT2D eigenvalue weighted by atomic mass is 10.2. The molecule has 1 aromatic carbocycles. The minimum atomic E-state index is 0.313. The number of H-pyrrole nitrogens is 1. The maximum Gasteiger partial charge on any atom is 0.181 e. The molecule has 2 aromatic heterocycles. The molecular formula is C18H19N5. The van der Waals surface area contributed by atoms with E-state index in [0.717, 1.165) is 36.7 Å². The summed E-state index contributed by atoms with van der Waals surface area (Å²) in [6.45, 7) is 2.02. The van der Waals surface area contributed by atoms with Crippen molar-refractivity contribution >= 4 is 0 Å². The minimum absolute atomic E-state index is 0.313. The molecule has 1 saturated heterocycles. The largest absolute Gasteiger partial charge is 0.289 e. The molecule has 1 aliphatic rings. The van der Waals surface area contributed by atoms with Crippen LogP contribution in [0.25, 0.3) is 11.4 Å². The third kappa shape index (κ3) is 3.00. The number of hydrogen-bond donors (Lipinski definition) is 1. The van der Waals surface area contributed by atoms with Crippen LogP contribution < -0.4 is 0 Å². The van der Waals surface area contributed by atoms with Gasteiger partial charge in [0, 0.05) is 24.5 Å². The number of hydrogen-bond acceptors (Lipinski definition) is 4. The van der Waals surface area contributed by atoms with Crippen molar-refractivity contribution in [3.63, 3.8) is 0 Å². The Morgan fingerprint density at radius 3 is 2.74 bits per heavy atom. The van der Waals surface area contributed by atoms with Crippen molar-refractivity contribution in [1.29, 1.82) is 0 Å². The lowest BCUT2D eigenvalue weighted by Gasteiger charge is -2.22. The molecule has 5 heteroatoms. The van der Waals surface area contributed by atoms with Gasteiger partial charge in [0.15, 0.2) is 5.82 Å². The molecule has 3 aromatic rings. The Labute approximate surface area is 135 Å². The summed E-state index contributed by atoms with van der Waals surface area (Å²) in [5.41, 5.74) is 2.34. The summed E-state index contributed by atoms with van der Waals surface area (Å²) < 4.78 is 0. The van der Waals surface area contributed by atoms with Crippen molar-refractivity contribution in [2.75, 3.05) is 6.54 Å². The van der Waals surface area contributed by atoms with E-state index in [2.05, 4.69) is 32.2 Å². The van der Waals surface area contributed by atoms with Gasteiger partial charge in [-0.1, -0.05) is 30.3 Å². The Hall–Kier alpha value is -2.53. The van der Waals surface area contributed by atoms with E-state index in [1.807, 2.05) is 42.7 Å². The predicted octanol–water partition coefficient (Wildman–Crippen LogP) is 3.20. The Morgan fingerprint density at radius 1 is 1.09 bits per heavy atom. The first kappa shape index (κ1) is 14.1. The molecule has 1 atom stereocenters. The number of benzene rings is 1. The molecule has 1 fully saturated rings. The van der Waals surface area contributed by atoms with Gasteiger partial charge in [-0.3, -0.25) is 15.0 Å². The molecule has 23 heavy (non-hydrogen) atoms. The fraction of sp³-hybridized carbons (Fsp3) is 0.278. The number of aromatic amines is 1. The predicted molar refractivity (Wildman–Crippen MR) is 88.4 cm³/mol. The van der Waals surface area contributed by atoms with Gasteiger partial charge in [0.1, 0.15) is 5.82 Å². The van der Waals surface area contributed by atoms with E-state index < -0.39 is 0 Å². The zero-order valence-electron chi connectivity index (χ0n) is 12.9. The van der Waals surface area contributed by atoms with Gasteiger partial charge in [0.05, 0.1) is 6.04 Å². The van der Waals surface area contributed by atoms with E-state index in [9.17, 15) is 0 Å². The summed E-state index contributed by atoms with van der Waals surface area (Å²) in [4.78, 5) is 11.3. The summed E-state index contributed by atoms with van der Waals surface area (Å²) in [6, 6.07) is 14.6. The lowest BCUT2D eigenvalue weighted by Crippen LogP contribution is -2.23. The van der Waals surface area contributed by atoms with Crippen molar-refractivity contribution in [2.24, 2.45) is 0 Å². The van der Waals surface area contributed by atoms with E-state index in [1.54, 1.807) is 0 Å². The second kappa shape index (κ2) is 6.30. The van der Waals surface area contributed by atoms with Crippen LogP contribution in [0, 0.1) is 0 Å². The van der Waals surface area contributed by atoms with Crippen molar-refractivity contribution in [3.8, 4) is 11.4 Å². The third-order valence-corrected chi connectivity index (χ3v) is 4.35. The van der Waals surface area contributed by atoms with Gasteiger partial charge < -0.3 is 0 Å². The molecule has 116 valence electrons. The van der Waals surface area contributed by atoms with Gasteiger partial charge in [-0.25, -0.2) is 4.98 Å². The van der Waals surface area contributed by atoms with E-state index >= 15 is 0 Å². The molecule has 1 aliphatic heterocycles. The zero-order valence-corrected chi connectivity index (χ0v) is 12.9. The topological polar surface area (TPSA) is 57.7 Å². The van der Waals surface area contributed by atoms with Gasteiger partial charge in [-0.15, -0.1) is 0 Å². The summed E-state index contributed by atoms with van der Waals surface area (Å²) in [5.74, 6) is 1.74. The van der Waals surface area contributed by atoms with E-state index in [1.165, 1.54) is 12.0 Å². The first-order chi connectivity index (χ1) is 11.4. The van der Waals surface area contributed by atoms with Gasteiger partial charge in [-0.05, 0) is 37.1 Å². The lowest BCUT2D eigenvalue weighted by molar-refractivity contribution is 0.240. The Kier molecular flexibility index (Phi) is 3.86. The Morgan fingerprint density at radius 2 is 1.91 bits per heavy atom. The van der Waals surface area contributed by atoms with Crippen LogP contribution in [-0.4, -0.2) is 31.6 Å². The summed E-state index contributed by atoms with van der Waals surface area (Å²) in [7, 11) is 0. The molecular weight excluding hydrogens is 286 g/mol. The fourth-order valence-corrected chi connectivity index (χ4v) is 3.19. The molecule has 0 saturated carbocycles. The van der Waals surface area contributed by atoms with Gasteiger partial charge >= 0.3 is 0 Å². The quantitative estimate of drug-likeness (QED) is 0.804. The first-order valence-corrected chi connectivity index (χ1v) is 8.01. The van der Waals surface area contributed by atoms with E-state index in [4.69, 9.17) is 4.98 Å². The number of aromatic nitrogens is 4. The summed E-state index contributed by atoms with van der Waals surface area (Å²) in [5, 5.41) is 7.55. The van der Waals surface area contributed by atoms with Crippen molar-refractivity contribution < 1.29 is 0 Å². The average molecular weight is 305 g/mol. The molecule has 3 heterocycles. The fourth-order valence-electron chi connectivity index (χ4n) is 3.19. The summed E-state index contributed by atoms with van der Waals surface area (Å²) >= 11 is 0.